The van der Waals surface area contributed by atoms with Crippen molar-refractivity contribution in [2.24, 2.45) is 10.9 Å². The van der Waals surface area contributed by atoms with Crippen LogP contribution >= 0.6 is 15.9 Å². The quantitative estimate of drug-likeness (QED) is 0.396. The zero-order valence-corrected chi connectivity index (χ0v) is 10.9. The van der Waals surface area contributed by atoms with Crippen molar-refractivity contribution in [3.8, 4) is 0 Å². The van der Waals surface area contributed by atoms with Crippen molar-refractivity contribution in [2.45, 2.75) is 6.54 Å². The SMILES string of the molecule is N/C(=N/O)c1cccn1Cc1cc(Br)ccc1F. The summed E-state index contributed by atoms with van der Waals surface area (Å²) in [7, 11) is 0. The van der Waals surface area contributed by atoms with Gasteiger partial charge in [0.2, 0.25) is 0 Å². The summed E-state index contributed by atoms with van der Waals surface area (Å²) < 4.78 is 16.1. The van der Waals surface area contributed by atoms with E-state index in [9.17, 15) is 4.39 Å². The first-order valence-corrected chi connectivity index (χ1v) is 5.98. The van der Waals surface area contributed by atoms with Gasteiger partial charge in [0, 0.05) is 16.2 Å². The molecule has 0 saturated heterocycles. The number of aromatic nitrogens is 1. The highest BCUT2D eigenvalue weighted by Gasteiger charge is 2.09. The van der Waals surface area contributed by atoms with Crippen LogP contribution in [0.5, 0.6) is 0 Å². The number of oxime groups is 1. The molecule has 0 unspecified atom stereocenters. The third kappa shape index (κ3) is 2.53. The average Bonchev–Trinajstić information content (AvgIpc) is 2.81. The second kappa shape index (κ2) is 5.22. The summed E-state index contributed by atoms with van der Waals surface area (Å²) in [5, 5.41) is 11.6. The van der Waals surface area contributed by atoms with Crippen LogP contribution in [0.15, 0.2) is 46.2 Å². The summed E-state index contributed by atoms with van der Waals surface area (Å²) in [5.41, 5.74) is 6.60. The Morgan fingerprint density at radius 1 is 1.44 bits per heavy atom. The molecule has 0 atom stereocenters. The van der Waals surface area contributed by atoms with Crippen molar-refractivity contribution < 1.29 is 9.60 Å². The maximum atomic E-state index is 13.6. The maximum absolute atomic E-state index is 13.6. The molecule has 4 nitrogen and oxygen atoms in total. The first-order chi connectivity index (χ1) is 8.61. The first-order valence-electron chi connectivity index (χ1n) is 5.19. The Hall–Kier alpha value is -1.82. The molecule has 0 spiro atoms. The van der Waals surface area contributed by atoms with Gasteiger partial charge in [-0.1, -0.05) is 21.1 Å². The zero-order chi connectivity index (χ0) is 13.1. The fourth-order valence-electron chi connectivity index (χ4n) is 1.68. The highest BCUT2D eigenvalue weighted by atomic mass is 79.9. The van der Waals surface area contributed by atoms with Gasteiger partial charge in [-0.25, -0.2) is 4.39 Å². The van der Waals surface area contributed by atoms with Crippen LogP contribution in [0.25, 0.3) is 0 Å². The zero-order valence-electron chi connectivity index (χ0n) is 9.35. The molecule has 2 aromatic rings. The fraction of sp³-hybridized carbons (Fsp3) is 0.0833. The van der Waals surface area contributed by atoms with Gasteiger partial charge in [0.05, 0.1) is 12.2 Å². The van der Waals surface area contributed by atoms with Crippen molar-refractivity contribution in [3.05, 3.63) is 58.1 Å². The molecular formula is C12H11BrFN3O. The molecule has 0 fully saturated rings. The van der Waals surface area contributed by atoms with Crippen LogP contribution in [-0.4, -0.2) is 15.6 Å². The van der Waals surface area contributed by atoms with Crippen LogP contribution < -0.4 is 5.73 Å². The molecule has 0 aliphatic rings. The minimum absolute atomic E-state index is 0.00425. The molecule has 0 aliphatic heterocycles. The minimum atomic E-state index is -0.294. The third-order valence-electron chi connectivity index (χ3n) is 2.55. The molecule has 1 aromatic heterocycles. The topological polar surface area (TPSA) is 63.5 Å². The molecule has 3 N–H and O–H groups in total. The molecule has 0 radical (unpaired) electrons. The lowest BCUT2D eigenvalue weighted by Gasteiger charge is -2.09. The molecule has 18 heavy (non-hydrogen) atoms. The molecule has 0 aliphatic carbocycles. The van der Waals surface area contributed by atoms with Crippen molar-refractivity contribution in [3.63, 3.8) is 0 Å². The number of nitrogens with two attached hydrogens (primary N) is 1. The van der Waals surface area contributed by atoms with Crippen LogP contribution in [0.1, 0.15) is 11.3 Å². The number of rotatable bonds is 3. The summed E-state index contributed by atoms with van der Waals surface area (Å²) in [4.78, 5) is 0. The number of hydrogen-bond donors (Lipinski definition) is 2. The largest absolute Gasteiger partial charge is 0.409 e. The lowest BCUT2D eigenvalue weighted by molar-refractivity contribution is 0.318. The van der Waals surface area contributed by atoms with Gasteiger partial charge < -0.3 is 15.5 Å². The van der Waals surface area contributed by atoms with Gasteiger partial charge in [0.1, 0.15) is 5.82 Å². The molecule has 0 amide bonds. The Morgan fingerprint density at radius 3 is 2.94 bits per heavy atom. The molecule has 0 saturated carbocycles. The fourth-order valence-corrected chi connectivity index (χ4v) is 2.09. The third-order valence-corrected chi connectivity index (χ3v) is 3.04. The second-order valence-electron chi connectivity index (χ2n) is 3.74. The van der Waals surface area contributed by atoms with Gasteiger partial charge >= 0.3 is 0 Å². The Kier molecular flexibility index (Phi) is 3.66. The van der Waals surface area contributed by atoms with Gasteiger partial charge in [-0.05, 0) is 30.3 Å². The van der Waals surface area contributed by atoms with Crippen molar-refractivity contribution in [2.75, 3.05) is 0 Å². The molecule has 6 heteroatoms. The number of halogens is 2. The normalized spacial score (nSPS) is 11.8. The van der Waals surface area contributed by atoms with E-state index in [-0.39, 0.29) is 11.7 Å². The predicted molar refractivity (Wildman–Crippen MR) is 70.1 cm³/mol. The van der Waals surface area contributed by atoms with E-state index in [1.807, 2.05) is 0 Å². The molecule has 1 heterocycles. The summed E-state index contributed by atoms with van der Waals surface area (Å²) in [6, 6.07) is 8.19. The van der Waals surface area contributed by atoms with E-state index in [2.05, 4.69) is 21.1 Å². The average molecular weight is 312 g/mol. The summed E-state index contributed by atoms with van der Waals surface area (Å²) in [5.74, 6) is -0.298. The number of hydrogen-bond acceptors (Lipinski definition) is 2. The molecular weight excluding hydrogens is 301 g/mol. The number of nitrogens with zero attached hydrogens (tertiary/aromatic N) is 2. The highest BCUT2D eigenvalue weighted by Crippen LogP contribution is 2.17. The Morgan fingerprint density at radius 2 is 2.22 bits per heavy atom. The van der Waals surface area contributed by atoms with E-state index in [1.54, 1.807) is 35.0 Å². The smallest absolute Gasteiger partial charge is 0.186 e. The first kappa shape index (κ1) is 12.6. The van der Waals surface area contributed by atoms with E-state index in [4.69, 9.17) is 10.9 Å². The van der Waals surface area contributed by atoms with Gasteiger partial charge in [-0.2, -0.15) is 0 Å². The van der Waals surface area contributed by atoms with E-state index in [0.717, 1.165) is 4.47 Å². The van der Waals surface area contributed by atoms with E-state index in [1.165, 1.54) is 6.07 Å². The number of benzene rings is 1. The van der Waals surface area contributed by atoms with E-state index in [0.29, 0.717) is 17.8 Å². The lowest BCUT2D eigenvalue weighted by Crippen LogP contribution is -2.18. The van der Waals surface area contributed by atoms with E-state index >= 15 is 0 Å². The summed E-state index contributed by atoms with van der Waals surface area (Å²) >= 11 is 3.30. The molecule has 0 bridgehead atoms. The van der Waals surface area contributed by atoms with Gasteiger partial charge in [0.25, 0.3) is 0 Å². The Balaban J connectivity index is 2.35. The number of amidine groups is 1. The Bertz CT molecular complexity index is 595. The monoisotopic (exact) mass is 311 g/mol. The van der Waals surface area contributed by atoms with Crippen molar-refractivity contribution in [1.29, 1.82) is 0 Å². The standard InChI is InChI=1S/C12H11BrFN3O/c13-9-3-4-10(14)8(6-9)7-17-5-1-2-11(17)12(15)16-18/h1-6,18H,7H2,(H2,15,16). The van der Waals surface area contributed by atoms with E-state index < -0.39 is 0 Å². The molecule has 1 aromatic carbocycles. The molecule has 94 valence electrons. The maximum Gasteiger partial charge on any atom is 0.186 e. The summed E-state index contributed by atoms with van der Waals surface area (Å²) in [6.07, 6.45) is 1.74. The highest BCUT2D eigenvalue weighted by molar-refractivity contribution is 9.10. The molecule has 2 rings (SSSR count). The Labute approximate surface area is 112 Å². The van der Waals surface area contributed by atoms with Crippen molar-refractivity contribution >= 4 is 21.8 Å². The van der Waals surface area contributed by atoms with Gasteiger partial charge in [0.15, 0.2) is 5.84 Å². The second-order valence-corrected chi connectivity index (χ2v) is 4.66. The van der Waals surface area contributed by atoms with Crippen LogP contribution in [0, 0.1) is 5.82 Å². The van der Waals surface area contributed by atoms with Gasteiger partial charge in [-0.15, -0.1) is 0 Å². The van der Waals surface area contributed by atoms with Crippen LogP contribution in [0.4, 0.5) is 4.39 Å². The summed E-state index contributed by atoms with van der Waals surface area (Å²) in [6.45, 7) is 0.309. The van der Waals surface area contributed by atoms with Crippen molar-refractivity contribution in [1.82, 2.24) is 4.57 Å². The predicted octanol–water partition coefficient (Wildman–Crippen LogP) is 2.53. The van der Waals surface area contributed by atoms with Crippen LogP contribution in [0.3, 0.4) is 0 Å². The van der Waals surface area contributed by atoms with Crippen LogP contribution in [-0.2, 0) is 6.54 Å². The van der Waals surface area contributed by atoms with Gasteiger partial charge in [-0.3, -0.25) is 0 Å². The van der Waals surface area contributed by atoms with Crippen LogP contribution in [0.2, 0.25) is 0 Å². The lowest BCUT2D eigenvalue weighted by atomic mass is 10.2. The minimum Gasteiger partial charge on any atom is -0.409 e.